The van der Waals surface area contributed by atoms with Gasteiger partial charge in [0.1, 0.15) is 23.9 Å². The molecule has 2 aromatic rings. The number of nitrogens with zero attached hydrogens (tertiary/aromatic N) is 5. The zero-order valence-corrected chi connectivity index (χ0v) is 18.6. The highest BCUT2D eigenvalue weighted by atomic mass is 16.5. The number of fused-ring (bicyclic) bond motifs is 1. The van der Waals surface area contributed by atoms with Crippen LogP contribution in [0, 0.1) is 0 Å². The number of carbonyl (C=O) groups excluding carboxylic acids is 1. The zero-order valence-electron chi connectivity index (χ0n) is 18.6. The van der Waals surface area contributed by atoms with Crippen LogP contribution in [0.3, 0.4) is 0 Å². The van der Waals surface area contributed by atoms with Crippen molar-refractivity contribution in [2.24, 2.45) is 0 Å². The van der Waals surface area contributed by atoms with Crippen molar-refractivity contribution < 1.29 is 14.6 Å². The Bertz CT molecular complexity index is 951. The molecule has 3 heterocycles. The van der Waals surface area contributed by atoms with E-state index >= 15 is 0 Å². The molecule has 1 saturated heterocycles. The third-order valence-electron chi connectivity index (χ3n) is 5.66. The first-order chi connectivity index (χ1) is 14.8. The van der Waals surface area contributed by atoms with E-state index in [4.69, 9.17) is 14.7 Å². The molecule has 0 saturated carbocycles. The number of likely N-dealkylation sites (tertiary alicyclic amines) is 1. The lowest BCUT2D eigenvalue weighted by molar-refractivity contribution is -0.128. The molecular weight excluding hydrogens is 394 g/mol. The Kier molecular flexibility index (Phi) is 6.09. The van der Waals surface area contributed by atoms with Gasteiger partial charge in [0.15, 0.2) is 5.82 Å². The number of aromatic nitrogens is 3. The average Bonchev–Trinajstić information content (AvgIpc) is 3.43. The number of aliphatic hydroxyl groups is 1. The summed E-state index contributed by atoms with van der Waals surface area (Å²) in [5.74, 6) is 2.10. The fourth-order valence-electron chi connectivity index (χ4n) is 4.07. The van der Waals surface area contributed by atoms with Gasteiger partial charge < -0.3 is 19.6 Å². The van der Waals surface area contributed by atoms with Crippen molar-refractivity contribution in [1.82, 2.24) is 19.9 Å². The molecule has 1 amide bonds. The van der Waals surface area contributed by atoms with Crippen LogP contribution in [-0.2, 0) is 17.6 Å². The summed E-state index contributed by atoms with van der Waals surface area (Å²) in [6.45, 7) is 5.58. The van der Waals surface area contributed by atoms with Crippen molar-refractivity contribution >= 4 is 11.7 Å². The Morgan fingerprint density at radius 3 is 2.74 bits per heavy atom. The molecule has 0 aromatic carbocycles. The van der Waals surface area contributed by atoms with Crippen LogP contribution in [0.15, 0.2) is 18.3 Å². The van der Waals surface area contributed by atoms with Crippen LogP contribution in [0.5, 0.6) is 5.75 Å². The minimum absolute atomic E-state index is 0.145. The van der Waals surface area contributed by atoms with E-state index in [1.54, 1.807) is 32.2 Å². The second kappa shape index (κ2) is 8.78. The lowest BCUT2D eigenvalue weighted by atomic mass is 10.2. The molecule has 2 aromatic heterocycles. The Balaban J connectivity index is 1.59. The maximum atomic E-state index is 12.7. The topological polar surface area (TPSA) is 91.7 Å². The molecule has 0 atom stereocenters. The number of carbonyl (C=O) groups is 1. The van der Waals surface area contributed by atoms with Gasteiger partial charge in [0.2, 0.25) is 5.91 Å². The van der Waals surface area contributed by atoms with Crippen molar-refractivity contribution in [3.8, 4) is 17.3 Å². The molecule has 166 valence electrons. The molecule has 4 rings (SSSR count). The summed E-state index contributed by atoms with van der Waals surface area (Å²) < 4.78 is 5.71. The van der Waals surface area contributed by atoms with Gasteiger partial charge in [-0.2, -0.15) is 0 Å². The standard InChI is InChI=1S/C23H31N5O3/c1-23(2,30)15-31-16-9-10-24-19(13-16)21-25-18-8-6-7-17(18)22(26-21)27(3)14-20(29)28-11-4-5-12-28/h9-10,13,30H,4-8,11-12,14-15H2,1-3H3. The lowest BCUT2D eigenvalue weighted by Gasteiger charge is -2.24. The van der Waals surface area contributed by atoms with Crippen LogP contribution in [0.4, 0.5) is 5.82 Å². The highest BCUT2D eigenvalue weighted by molar-refractivity contribution is 5.81. The number of hydrogen-bond donors (Lipinski definition) is 1. The molecule has 2 aliphatic rings. The minimum atomic E-state index is -0.925. The number of amides is 1. The van der Waals surface area contributed by atoms with Gasteiger partial charge in [-0.3, -0.25) is 9.78 Å². The number of aryl methyl sites for hydroxylation is 1. The van der Waals surface area contributed by atoms with Crippen LogP contribution >= 0.6 is 0 Å². The van der Waals surface area contributed by atoms with Gasteiger partial charge in [0, 0.05) is 43.7 Å². The molecule has 1 N–H and O–H groups in total. The van der Waals surface area contributed by atoms with Crippen molar-refractivity contribution in [2.75, 3.05) is 38.2 Å². The predicted molar refractivity (Wildman–Crippen MR) is 118 cm³/mol. The van der Waals surface area contributed by atoms with E-state index in [1.807, 2.05) is 16.8 Å². The highest BCUT2D eigenvalue weighted by Crippen LogP contribution is 2.31. The van der Waals surface area contributed by atoms with Gasteiger partial charge >= 0.3 is 0 Å². The third-order valence-corrected chi connectivity index (χ3v) is 5.66. The largest absolute Gasteiger partial charge is 0.490 e. The summed E-state index contributed by atoms with van der Waals surface area (Å²) in [7, 11) is 1.93. The second-order valence-electron chi connectivity index (χ2n) is 9.07. The van der Waals surface area contributed by atoms with E-state index in [1.165, 1.54) is 0 Å². The number of likely N-dealkylation sites (N-methyl/N-ethyl adjacent to an activating group) is 1. The smallest absolute Gasteiger partial charge is 0.242 e. The summed E-state index contributed by atoms with van der Waals surface area (Å²) in [4.78, 5) is 30.6. The zero-order chi connectivity index (χ0) is 22.0. The van der Waals surface area contributed by atoms with E-state index in [0.29, 0.717) is 23.8 Å². The molecule has 31 heavy (non-hydrogen) atoms. The van der Waals surface area contributed by atoms with Crippen LogP contribution in [0.1, 0.15) is 44.4 Å². The average molecular weight is 426 g/mol. The summed E-state index contributed by atoms with van der Waals surface area (Å²) in [6, 6.07) is 3.55. The first kappa shape index (κ1) is 21.5. The quantitative estimate of drug-likeness (QED) is 0.727. The van der Waals surface area contributed by atoms with Crippen LogP contribution in [0.2, 0.25) is 0 Å². The summed E-state index contributed by atoms with van der Waals surface area (Å²) >= 11 is 0. The van der Waals surface area contributed by atoms with Gasteiger partial charge in [0.25, 0.3) is 0 Å². The van der Waals surface area contributed by atoms with Gasteiger partial charge in [-0.1, -0.05) is 0 Å². The van der Waals surface area contributed by atoms with E-state index in [9.17, 15) is 9.90 Å². The highest BCUT2D eigenvalue weighted by Gasteiger charge is 2.25. The van der Waals surface area contributed by atoms with E-state index < -0.39 is 5.60 Å². The fourth-order valence-corrected chi connectivity index (χ4v) is 4.07. The summed E-state index contributed by atoms with van der Waals surface area (Å²) in [5.41, 5.74) is 1.86. The number of hydrogen-bond acceptors (Lipinski definition) is 7. The van der Waals surface area contributed by atoms with Crippen LogP contribution in [0.25, 0.3) is 11.5 Å². The summed E-state index contributed by atoms with van der Waals surface area (Å²) in [5, 5.41) is 9.92. The Morgan fingerprint density at radius 2 is 2.00 bits per heavy atom. The van der Waals surface area contributed by atoms with Crippen LogP contribution in [-0.4, -0.2) is 69.8 Å². The van der Waals surface area contributed by atoms with Crippen molar-refractivity contribution in [1.29, 1.82) is 0 Å². The number of anilines is 1. The third kappa shape index (κ3) is 5.12. The molecular formula is C23H31N5O3. The molecule has 0 unspecified atom stereocenters. The van der Waals surface area contributed by atoms with Crippen molar-refractivity contribution in [3.63, 3.8) is 0 Å². The molecule has 1 fully saturated rings. The Hall–Kier alpha value is -2.74. The van der Waals surface area contributed by atoms with Gasteiger partial charge in [-0.25, -0.2) is 9.97 Å². The Morgan fingerprint density at radius 1 is 1.23 bits per heavy atom. The molecule has 8 heteroatoms. The monoisotopic (exact) mass is 425 g/mol. The minimum Gasteiger partial charge on any atom is -0.490 e. The van der Waals surface area contributed by atoms with Gasteiger partial charge in [0.05, 0.1) is 12.1 Å². The Labute approximate surface area is 183 Å². The lowest BCUT2D eigenvalue weighted by Crippen LogP contribution is -2.38. The molecule has 0 bridgehead atoms. The number of pyridine rings is 1. The molecule has 0 radical (unpaired) electrons. The number of ether oxygens (including phenoxy) is 1. The van der Waals surface area contributed by atoms with Gasteiger partial charge in [-0.15, -0.1) is 0 Å². The molecule has 8 nitrogen and oxygen atoms in total. The first-order valence-electron chi connectivity index (χ1n) is 11.0. The van der Waals surface area contributed by atoms with E-state index in [0.717, 1.165) is 62.3 Å². The maximum Gasteiger partial charge on any atom is 0.242 e. The predicted octanol–water partition coefficient (Wildman–Crippen LogP) is 2.24. The normalized spacial score (nSPS) is 15.8. The first-order valence-corrected chi connectivity index (χ1v) is 11.0. The maximum absolute atomic E-state index is 12.7. The SMILES string of the molecule is CN(CC(=O)N1CCCC1)c1nc(-c2cc(OCC(C)(C)O)ccn2)nc2c1CCC2. The molecule has 1 aliphatic carbocycles. The fraction of sp³-hybridized carbons (Fsp3) is 0.565. The van der Waals surface area contributed by atoms with Crippen molar-refractivity contribution in [2.45, 2.75) is 51.6 Å². The molecule has 0 spiro atoms. The van der Waals surface area contributed by atoms with Crippen molar-refractivity contribution in [3.05, 3.63) is 29.6 Å². The van der Waals surface area contributed by atoms with E-state index in [2.05, 4.69) is 4.98 Å². The number of rotatable bonds is 7. The van der Waals surface area contributed by atoms with E-state index in [-0.39, 0.29) is 12.5 Å². The van der Waals surface area contributed by atoms with Gasteiger partial charge in [-0.05, 0) is 52.0 Å². The summed E-state index contributed by atoms with van der Waals surface area (Å²) in [6.07, 6.45) is 6.69. The van der Waals surface area contributed by atoms with Crippen LogP contribution < -0.4 is 9.64 Å². The second-order valence-corrected chi connectivity index (χ2v) is 9.07. The molecule has 1 aliphatic heterocycles.